The Hall–Kier alpha value is -2.90. The Morgan fingerprint density at radius 2 is 2.09 bits per heavy atom. The van der Waals surface area contributed by atoms with Crippen LogP contribution in [0, 0.1) is 6.92 Å². The van der Waals surface area contributed by atoms with Gasteiger partial charge in [-0.1, -0.05) is 11.2 Å². The van der Waals surface area contributed by atoms with Gasteiger partial charge < -0.3 is 24.5 Å². The van der Waals surface area contributed by atoms with Crippen LogP contribution < -0.4 is 5.73 Å². The van der Waals surface area contributed by atoms with Gasteiger partial charge >= 0.3 is 0 Å². The summed E-state index contributed by atoms with van der Waals surface area (Å²) in [5, 5.41) is 5.26. The molecule has 32 heavy (non-hydrogen) atoms. The molecule has 1 saturated heterocycles. The SMILES string of the molecule is COC1Cc2onc(C)c2C=C1CCN1CCC(n2ccc3ccc(C(N)=O)cc32)CC1. The van der Waals surface area contributed by atoms with E-state index in [1.54, 1.807) is 13.2 Å². The number of likely N-dealkylation sites (tertiary alicyclic amines) is 1. The summed E-state index contributed by atoms with van der Waals surface area (Å²) in [5.74, 6) is 0.548. The lowest BCUT2D eigenvalue weighted by Gasteiger charge is -2.34. The molecular weight excluding hydrogens is 404 g/mol. The second-order valence-electron chi connectivity index (χ2n) is 8.94. The van der Waals surface area contributed by atoms with Crippen molar-refractivity contribution in [2.75, 3.05) is 26.7 Å². The van der Waals surface area contributed by atoms with E-state index in [2.05, 4.69) is 33.0 Å². The van der Waals surface area contributed by atoms with E-state index in [-0.39, 0.29) is 12.0 Å². The van der Waals surface area contributed by atoms with Gasteiger partial charge in [0, 0.05) is 62.0 Å². The predicted octanol–water partition coefficient (Wildman–Crippen LogP) is 3.72. The molecule has 7 nitrogen and oxygen atoms in total. The molecule has 1 atom stereocenters. The number of rotatable bonds is 6. The molecule has 0 spiro atoms. The largest absolute Gasteiger partial charge is 0.377 e. The average Bonchev–Trinajstić information content (AvgIpc) is 3.40. The van der Waals surface area contributed by atoms with Crippen molar-refractivity contribution in [3.8, 4) is 0 Å². The van der Waals surface area contributed by atoms with Gasteiger partial charge in [-0.15, -0.1) is 0 Å². The number of primary amides is 1. The molecule has 168 valence electrons. The molecule has 2 aliphatic rings. The molecule has 0 saturated carbocycles. The van der Waals surface area contributed by atoms with Crippen molar-refractivity contribution in [2.24, 2.45) is 5.73 Å². The normalized spacial score (nSPS) is 19.8. The first-order valence-electron chi connectivity index (χ1n) is 11.3. The molecule has 0 radical (unpaired) electrons. The minimum absolute atomic E-state index is 0.0677. The molecular formula is C25H30N4O3. The molecule has 1 aromatic carbocycles. The molecule has 3 aromatic rings. The van der Waals surface area contributed by atoms with Crippen LogP contribution in [0.15, 0.2) is 40.6 Å². The second-order valence-corrected chi connectivity index (χ2v) is 8.94. The fourth-order valence-electron chi connectivity index (χ4n) is 5.13. The Balaban J connectivity index is 1.23. The fraction of sp³-hybridized carbons (Fsp3) is 0.440. The van der Waals surface area contributed by atoms with Gasteiger partial charge in [-0.2, -0.15) is 0 Å². The summed E-state index contributed by atoms with van der Waals surface area (Å²) in [6.07, 6.45) is 8.35. The zero-order valence-corrected chi connectivity index (χ0v) is 18.7. The second kappa shape index (κ2) is 8.56. The van der Waals surface area contributed by atoms with E-state index in [1.807, 2.05) is 19.1 Å². The van der Waals surface area contributed by atoms with Crippen molar-refractivity contribution in [1.29, 1.82) is 0 Å². The monoisotopic (exact) mass is 434 g/mol. The van der Waals surface area contributed by atoms with Crippen LogP contribution in [0.1, 0.15) is 52.7 Å². The number of nitrogens with zero attached hydrogens (tertiary/aromatic N) is 3. The third kappa shape index (κ3) is 3.87. The van der Waals surface area contributed by atoms with Crippen LogP contribution in [-0.2, 0) is 11.2 Å². The smallest absolute Gasteiger partial charge is 0.248 e. The maximum atomic E-state index is 11.6. The summed E-state index contributed by atoms with van der Waals surface area (Å²) in [6.45, 7) is 5.13. The lowest BCUT2D eigenvalue weighted by atomic mass is 9.91. The number of carbonyl (C=O) groups is 1. The minimum atomic E-state index is -0.380. The summed E-state index contributed by atoms with van der Waals surface area (Å²) in [4.78, 5) is 14.1. The van der Waals surface area contributed by atoms with Crippen LogP contribution in [0.25, 0.3) is 17.0 Å². The van der Waals surface area contributed by atoms with E-state index in [9.17, 15) is 4.79 Å². The van der Waals surface area contributed by atoms with Crippen LogP contribution in [0.5, 0.6) is 0 Å². The molecule has 1 aliphatic carbocycles. The number of ether oxygens (including phenoxy) is 1. The maximum Gasteiger partial charge on any atom is 0.248 e. The molecule has 1 amide bonds. The number of nitrogens with two attached hydrogens (primary N) is 1. The van der Waals surface area contributed by atoms with Crippen molar-refractivity contribution in [2.45, 2.75) is 44.8 Å². The number of amides is 1. The van der Waals surface area contributed by atoms with Gasteiger partial charge in [-0.05, 0) is 61.4 Å². The maximum absolute atomic E-state index is 11.6. The zero-order chi connectivity index (χ0) is 22.2. The lowest BCUT2D eigenvalue weighted by molar-refractivity contribution is 0.100. The molecule has 3 heterocycles. The molecule has 5 rings (SSSR count). The summed E-state index contributed by atoms with van der Waals surface area (Å²) in [5.41, 5.74) is 10.5. The molecule has 1 unspecified atom stereocenters. The number of benzene rings is 1. The van der Waals surface area contributed by atoms with Crippen LogP contribution in [-0.4, -0.2) is 53.4 Å². The van der Waals surface area contributed by atoms with E-state index in [1.165, 1.54) is 5.57 Å². The van der Waals surface area contributed by atoms with E-state index in [0.29, 0.717) is 11.6 Å². The van der Waals surface area contributed by atoms with Crippen molar-refractivity contribution < 1.29 is 14.1 Å². The Bertz CT molecular complexity index is 1170. The first-order valence-corrected chi connectivity index (χ1v) is 11.3. The van der Waals surface area contributed by atoms with Gasteiger partial charge in [0.2, 0.25) is 5.91 Å². The Labute approximate surface area is 187 Å². The van der Waals surface area contributed by atoms with Crippen LogP contribution in [0.3, 0.4) is 0 Å². The highest BCUT2D eigenvalue weighted by atomic mass is 16.5. The van der Waals surface area contributed by atoms with Gasteiger partial charge in [0.25, 0.3) is 0 Å². The molecule has 0 bridgehead atoms. The summed E-state index contributed by atoms with van der Waals surface area (Å²) < 4.78 is 13.5. The predicted molar refractivity (Wildman–Crippen MR) is 124 cm³/mol. The number of hydrogen-bond donors (Lipinski definition) is 1. The number of aromatic nitrogens is 2. The number of fused-ring (bicyclic) bond motifs is 2. The standard InChI is InChI=1S/C25H30N4O3/c1-16-21-13-18(23(31-2)15-24(21)32-27-16)5-9-28-10-7-20(8-11-28)29-12-6-17-3-4-19(25(26)30)14-22(17)29/h3-4,6,12-14,20,23H,5,7-11,15H2,1-2H3,(H2,26,30). The van der Waals surface area contributed by atoms with E-state index < -0.39 is 0 Å². The number of piperidine rings is 1. The summed E-state index contributed by atoms with van der Waals surface area (Å²) in [7, 11) is 1.77. The highest BCUT2D eigenvalue weighted by molar-refractivity contribution is 5.97. The number of carbonyl (C=O) groups excluding carboxylic acids is 1. The van der Waals surface area contributed by atoms with Crippen LogP contribution >= 0.6 is 0 Å². The molecule has 2 aromatic heterocycles. The third-order valence-electron chi connectivity index (χ3n) is 7.06. The Morgan fingerprint density at radius 1 is 1.28 bits per heavy atom. The van der Waals surface area contributed by atoms with Crippen molar-refractivity contribution in [3.05, 3.63) is 58.6 Å². The van der Waals surface area contributed by atoms with Gasteiger partial charge in [-0.3, -0.25) is 4.79 Å². The van der Waals surface area contributed by atoms with Crippen LogP contribution in [0.2, 0.25) is 0 Å². The number of aryl methyl sites for hydroxylation is 1. The van der Waals surface area contributed by atoms with Crippen molar-refractivity contribution in [3.63, 3.8) is 0 Å². The molecule has 2 N–H and O–H groups in total. The third-order valence-corrected chi connectivity index (χ3v) is 7.06. The molecule has 7 heteroatoms. The Kier molecular flexibility index (Phi) is 5.61. The van der Waals surface area contributed by atoms with Gasteiger partial charge in [0.15, 0.2) is 0 Å². The number of hydrogen-bond acceptors (Lipinski definition) is 5. The highest BCUT2D eigenvalue weighted by Gasteiger charge is 2.27. The van der Waals surface area contributed by atoms with Gasteiger partial charge in [0.1, 0.15) is 5.76 Å². The van der Waals surface area contributed by atoms with Crippen LogP contribution in [0.4, 0.5) is 0 Å². The van der Waals surface area contributed by atoms with E-state index in [4.69, 9.17) is 15.0 Å². The van der Waals surface area contributed by atoms with Crippen molar-refractivity contribution >= 4 is 22.9 Å². The Morgan fingerprint density at radius 3 is 2.84 bits per heavy atom. The first kappa shape index (κ1) is 21.0. The number of methoxy groups -OCH3 is 1. The first-order chi connectivity index (χ1) is 15.5. The van der Waals surface area contributed by atoms with Gasteiger partial charge in [0.05, 0.1) is 11.8 Å². The van der Waals surface area contributed by atoms with Gasteiger partial charge in [-0.25, -0.2) is 0 Å². The lowest BCUT2D eigenvalue weighted by Crippen LogP contribution is -2.36. The fourth-order valence-corrected chi connectivity index (χ4v) is 5.13. The van der Waals surface area contributed by atoms with E-state index in [0.717, 1.165) is 73.2 Å². The zero-order valence-electron chi connectivity index (χ0n) is 18.7. The molecule has 1 aliphatic heterocycles. The topological polar surface area (TPSA) is 86.5 Å². The average molecular weight is 435 g/mol. The minimum Gasteiger partial charge on any atom is -0.377 e. The van der Waals surface area contributed by atoms with Crippen molar-refractivity contribution in [1.82, 2.24) is 14.6 Å². The summed E-state index contributed by atoms with van der Waals surface area (Å²) >= 11 is 0. The molecule has 1 fully saturated rings. The quantitative estimate of drug-likeness (QED) is 0.639. The summed E-state index contributed by atoms with van der Waals surface area (Å²) in [6, 6.07) is 8.26. The highest BCUT2D eigenvalue weighted by Crippen LogP contribution is 2.32. The van der Waals surface area contributed by atoms with E-state index >= 15 is 0 Å².